The molecule has 1 atom stereocenters. The van der Waals surface area contributed by atoms with E-state index in [9.17, 15) is 0 Å². The van der Waals surface area contributed by atoms with Crippen LogP contribution in [-0.4, -0.2) is 0 Å². The van der Waals surface area contributed by atoms with Crippen molar-refractivity contribution in [3.05, 3.63) is 36.5 Å². The maximum Gasteiger partial charge on any atom is 0.000716 e. The van der Waals surface area contributed by atoms with E-state index in [4.69, 9.17) is 0 Å². The van der Waals surface area contributed by atoms with Gasteiger partial charge in [-0.15, -0.1) is 0 Å². The third kappa shape index (κ3) is 3.22. The van der Waals surface area contributed by atoms with Gasteiger partial charge in [-0.2, -0.15) is 0 Å². The molecular weight excluding hydrogens is 132 g/mol. The Labute approximate surface area is 69.3 Å². The maximum absolute atomic E-state index is 2.30. The van der Waals surface area contributed by atoms with Crippen LogP contribution in [-0.2, 0) is 0 Å². The summed E-state index contributed by atoms with van der Waals surface area (Å²) in [6, 6.07) is 0. The van der Waals surface area contributed by atoms with Crippen LogP contribution in [0.4, 0.5) is 0 Å². The SMILES string of the molecule is CC=CCC=CC(C)C1C=C1. The zero-order chi connectivity index (χ0) is 8.10. The first kappa shape index (κ1) is 8.32. The van der Waals surface area contributed by atoms with Crippen LogP contribution in [0.5, 0.6) is 0 Å². The molecule has 1 aliphatic rings. The molecule has 0 saturated carbocycles. The predicted octanol–water partition coefficient (Wildman–Crippen LogP) is 3.33. The standard InChI is InChI=1S/C11H16/c1-3-4-5-6-7-10(2)11-8-9-11/h3-4,6-11H,5H2,1-2H3. The van der Waals surface area contributed by atoms with Crippen molar-refractivity contribution in [2.24, 2.45) is 11.8 Å². The fourth-order valence-electron chi connectivity index (χ4n) is 1.05. The molecule has 0 bridgehead atoms. The van der Waals surface area contributed by atoms with Crippen LogP contribution in [0.3, 0.4) is 0 Å². The van der Waals surface area contributed by atoms with Gasteiger partial charge >= 0.3 is 0 Å². The van der Waals surface area contributed by atoms with Crippen molar-refractivity contribution in [2.75, 3.05) is 0 Å². The smallest absolute Gasteiger partial charge is 0.000716 e. The van der Waals surface area contributed by atoms with Crippen molar-refractivity contribution < 1.29 is 0 Å². The maximum atomic E-state index is 2.30. The minimum Gasteiger partial charge on any atom is -0.0914 e. The van der Waals surface area contributed by atoms with Gasteiger partial charge < -0.3 is 0 Å². The third-order valence-electron chi connectivity index (χ3n) is 1.97. The van der Waals surface area contributed by atoms with Crippen LogP contribution >= 0.6 is 0 Å². The summed E-state index contributed by atoms with van der Waals surface area (Å²) in [5.74, 6) is 1.47. The van der Waals surface area contributed by atoms with E-state index in [-0.39, 0.29) is 0 Å². The van der Waals surface area contributed by atoms with E-state index in [0.29, 0.717) is 5.92 Å². The number of hydrogen-bond acceptors (Lipinski definition) is 0. The van der Waals surface area contributed by atoms with E-state index < -0.39 is 0 Å². The number of allylic oxidation sites excluding steroid dienone is 6. The molecule has 0 aromatic heterocycles. The molecule has 0 aromatic rings. The van der Waals surface area contributed by atoms with Crippen LogP contribution in [0.1, 0.15) is 20.3 Å². The summed E-state index contributed by atoms with van der Waals surface area (Å²) in [6.45, 7) is 4.32. The Morgan fingerprint density at radius 2 is 2.09 bits per heavy atom. The van der Waals surface area contributed by atoms with Gasteiger partial charge in [0, 0.05) is 5.92 Å². The Morgan fingerprint density at radius 3 is 2.64 bits per heavy atom. The minimum absolute atomic E-state index is 0.709. The van der Waals surface area contributed by atoms with Gasteiger partial charge in [-0.25, -0.2) is 0 Å². The normalized spacial score (nSPS) is 20.2. The second-order valence-electron chi connectivity index (χ2n) is 3.05. The Balaban J connectivity index is 2.12. The molecule has 1 unspecified atom stereocenters. The summed E-state index contributed by atoms with van der Waals surface area (Å²) >= 11 is 0. The highest BCUT2D eigenvalue weighted by Crippen LogP contribution is 2.26. The monoisotopic (exact) mass is 148 g/mol. The Morgan fingerprint density at radius 1 is 1.36 bits per heavy atom. The van der Waals surface area contributed by atoms with Gasteiger partial charge in [0.1, 0.15) is 0 Å². The van der Waals surface area contributed by atoms with Crippen molar-refractivity contribution in [1.29, 1.82) is 0 Å². The molecule has 0 fully saturated rings. The lowest BCUT2D eigenvalue weighted by molar-refractivity contribution is 0.671. The topological polar surface area (TPSA) is 0 Å². The van der Waals surface area contributed by atoms with Crippen molar-refractivity contribution in [1.82, 2.24) is 0 Å². The van der Waals surface area contributed by atoms with Gasteiger partial charge in [-0.1, -0.05) is 43.4 Å². The summed E-state index contributed by atoms with van der Waals surface area (Å²) in [4.78, 5) is 0. The lowest BCUT2D eigenvalue weighted by Gasteiger charge is -2.00. The average Bonchev–Trinajstić information content (AvgIpc) is 2.79. The van der Waals surface area contributed by atoms with Crippen LogP contribution < -0.4 is 0 Å². The molecule has 0 aromatic carbocycles. The van der Waals surface area contributed by atoms with Crippen molar-refractivity contribution in [3.63, 3.8) is 0 Å². The zero-order valence-corrected chi connectivity index (χ0v) is 7.33. The highest BCUT2D eigenvalue weighted by molar-refractivity contribution is 5.18. The number of rotatable bonds is 4. The number of hydrogen-bond donors (Lipinski definition) is 0. The fourth-order valence-corrected chi connectivity index (χ4v) is 1.05. The van der Waals surface area contributed by atoms with Gasteiger partial charge in [0.25, 0.3) is 0 Å². The van der Waals surface area contributed by atoms with E-state index in [1.165, 1.54) is 0 Å². The van der Waals surface area contributed by atoms with Gasteiger partial charge in [0.15, 0.2) is 0 Å². The van der Waals surface area contributed by atoms with Gasteiger partial charge in [-0.3, -0.25) is 0 Å². The summed E-state index contributed by atoms with van der Waals surface area (Å²) in [5, 5.41) is 0. The van der Waals surface area contributed by atoms with Crippen molar-refractivity contribution in [3.8, 4) is 0 Å². The van der Waals surface area contributed by atoms with Gasteiger partial charge in [0.2, 0.25) is 0 Å². The molecule has 60 valence electrons. The lowest BCUT2D eigenvalue weighted by atomic mass is 10.0. The molecule has 0 heterocycles. The Kier molecular flexibility index (Phi) is 3.15. The van der Waals surface area contributed by atoms with Crippen LogP contribution in [0.25, 0.3) is 0 Å². The minimum atomic E-state index is 0.709. The quantitative estimate of drug-likeness (QED) is 0.536. The van der Waals surface area contributed by atoms with E-state index in [1.54, 1.807) is 0 Å². The molecule has 1 rings (SSSR count). The van der Waals surface area contributed by atoms with Crippen LogP contribution in [0.15, 0.2) is 36.5 Å². The average molecular weight is 148 g/mol. The van der Waals surface area contributed by atoms with E-state index in [1.807, 2.05) is 0 Å². The lowest BCUT2D eigenvalue weighted by Crippen LogP contribution is -1.91. The molecule has 0 spiro atoms. The summed E-state index contributed by atoms with van der Waals surface area (Å²) < 4.78 is 0. The van der Waals surface area contributed by atoms with E-state index in [2.05, 4.69) is 50.3 Å². The van der Waals surface area contributed by atoms with E-state index in [0.717, 1.165) is 12.3 Å². The Hall–Kier alpha value is -0.780. The molecule has 0 aliphatic heterocycles. The first-order chi connectivity index (χ1) is 5.34. The predicted molar refractivity (Wildman–Crippen MR) is 50.4 cm³/mol. The first-order valence-corrected chi connectivity index (χ1v) is 4.30. The molecule has 1 aliphatic carbocycles. The summed E-state index contributed by atoms with van der Waals surface area (Å²) in [6.07, 6.45) is 14.4. The highest BCUT2D eigenvalue weighted by atomic mass is 14.2. The Bertz CT molecular complexity index is 178. The zero-order valence-electron chi connectivity index (χ0n) is 7.33. The fraction of sp³-hybridized carbons (Fsp3) is 0.455. The molecule has 0 amide bonds. The highest BCUT2D eigenvalue weighted by Gasteiger charge is 2.15. The molecule has 0 radical (unpaired) electrons. The van der Waals surface area contributed by atoms with Crippen molar-refractivity contribution in [2.45, 2.75) is 20.3 Å². The molecular formula is C11H16. The van der Waals surface area contributed by atoms with Gasteiger partial charge in [-0.05, 0) is 19.3 Å². The first-order valence-electron chi connectivity index (χ1n) is 4.30. The summed E-state index contributed by atoms with van der Waals surface area (Å²) in [7, 11) is 0. The van der Waals surface area contributed by atoms with Crippen LogP contribution in [0.2, 0.25) is 0 Å². The van der Waals surface area contributed by atoms with Crippen LogP contribution in [0, 0.1) is 11.8 Å². The summed E-state index contributed by atoms with van der Waals surface area (Å²) in [5.41, 5.74) is 0. The van der Waals surface area contributed by atoms with E-state index >= 15 is 0 Å². The van der Waals surface area contributed by atoms with Gasteiger partial charge in [0.05, 0.1) is 0 Å². The van der Waals surface area contributed by atoms with Crippen molar-refractivity contribution >= 4 is 0 Å². The molecule has 0 nitrogen and oxygen atoms in total. The second kappa shape index (κ2) is 4.17. The molecule has 0 N–H and O–H groups in total. The third-order valence-corrected chi connectivity index (χ3v) is 1.97. The largest absolute Gasteiger partial charge is 0.0914 e. The molecule has 11 heavy (non-hydrogen) atoms. The second-order valence-corrected chi connectivity index (χ2v) is 3.05. The molecule has 0 heteroatoms. The molecule has 0 saturated heterocycles.